The third kappa shape index (κ3) is 35.7. The third-order valence-electron chi connectivity index (χ3n) is 15.8. The van der Waals surface area contributed by atoms with Crippen LogP contribution in [0, 0.1) is 0 Å². The molecule has 0 aromatic heterocycles. The summed E-state index contributed by atoms with van der Waals surface area (Å²) in [7, 11) is 21.1. The van der Waals surface area contributed by atoms with Crippen molar-refractivity contribution in [2.24, 2.45) is 0 Å². The summed E-state index contributed by atoms with van der Waals surface area (Å²) in [5.74, 6) is 6.17. The number of halogens is 6. The van der Waals surface area contributed by atoms with Gasteiger partial charge < -0.3 is 67.7 Å². The Balaban J connectivity index is 0.000000250. The number of ether oxygens (including phenoxy) is 10. The number of benzene rings is 8. The topological polar surface area (TPSA) is 146 Å². The van der Waals surface area contributed by atoms with Gasteiger partial charge in [0.15, 0.2) is 0 Å². The Morgan fingerprint density at radius 2 is 0.529 bits per heavy atom. The lowest BCUT2D eigenvalue weighted by Crippen LogP contribution is -2.37. The van der Waals surface area contributed by atoms with Crippen LogP contribution in [0.5, 0.6) is 46.0 Å². The Kier molecular flexibility index (Phi) is 38.3. The van der Waals surface area contributed by atoms with Gasteiger partial charge in [-0.05, 0) is 225 Å². The first-order chi connectivity index (χ1) is 49.7. The first-order valence-corrected chi connectivity index (χ1v) is 34.5. The number of alkyl halides is 6. The maximum atomic E-state index is 12.6. The van der Waals surface area contributed by atoms with E-state index in [0.29, 0.717) is 50.6 Å². The number of aryl methyl sites for hydroxylation is 8. The molecule has 0 radical (unpaired) electrons. The Bertz CT molecular complexity index is 3440. The van der Waals surface area contributed by atoms with Crippen molar-refractivity contribution in [3.8, 4) is 46.0 Å². The van der Waals surface area contributed by atoms with Crippen molar-refractivity contribution in [1.82, 2.24) is 19.6 Å². The van der Waals surface area contributed by atoms with Gasteiger partial charge in [0, 0.05) is 26.2 Å². The molecular formula is C82H106F6N4O12. The molecular weight excluding hydrogens is 1350 g/mol. The van der Waals surface area contributed by atoms with Crippen LogP contribution in [-0.4, -0.2) is 204 Å². The van der Waals surface area contributed by atoms with Gasteiger partial charge in [-0.2, -0.15) is 0 Å². The zero-order valence-corrected chi connectivity index (χ0v) is 62.1. The van der Waals surface area contributed by atoms with Crippen LogP contribution in [0.2, 0.25) is 0 Å². The number of aliphatic hydroxyl groups is 2. The van der Waals surface area contributed by atoms with Gasteiger partial charge in [0.05, 0.1) is 28.4 Å². The standard InChI is InChI=1S/2C21H26F3NO3.2C20H27NO3/c2*1-25(2)14-19(28-21(22,23)24)15-27-20-10-5-4-8-17(20)12-11-16-7-6-9-18(13-16)26-3;2*1-21(2)14-18(22)15-24-20-10-5-4-8-17(20)12-11-16-7-6-9-19(13-16)23-3/h2*4-10,13,19H,11-12,14-15H2,1-3H3;2*4-10,13,18,22H,11-12,14-15H2,1-3H3/t2*19-;2*18-/m0000/s1. The normalized spacial score (nSPS) is 12.5. The Morgan fingerprint density at radius 1 is 0.298 bits per heavy atom. The van der Waals surface area contributed by atoms with Crippen LogP contribution in [0.15, 0.2) is 194 Å². The number of para-hydroxylation sites is 4. The first kappa shape index (κ1) is 86.1. The van der Waals surface area contributed by atoms with E-state index in [2.05, 4.69) is 45.9 Å². The largest absolute Gasteiger partial charge is 0.522 e. The summed E-state index contributed by atoms with van der Waals surface area (Å²) in [6.45, 7) is 1.61. The molecule has 22 heteroatoms. The number of methoxy groups -OCH3 is 4. The van der Waals surface area contributed by atoms with Crippen molar-refractivity contribution in [3.05, 3.63) is 239 Å². The molecule has 0 unspecified atom stereocenters. The van der Waals surface area contributed by atoms with E-state index in [1.54, 1.807) is 90.7 Å². The minimum atomic E-state index is -4.70. The summed E-state index contributed by atoms with van der Waals surface area (Å²) in [5.41, 5.74) is 8.85. The van der Waals surface area contributed by atoms with Gasteiger partial charge in [-0.3, -0.25) is 9.47 Å². The fourth-order valence-electron chi connectivity index (χ4n) is 11.0. The molecule has 0 fully saturated rings. The van der Waals surface area contributed by atoms with Crippen LogP contribution < -0.4 is 37.9 Å². The lowest BCUT2D eigenvalue weighted by molar-refractivity contribution is -0.346. The van der Waals surface area contributed by atoms with Crippen LogP contribution in [0.4, 0.5) is 26.3 Å². The Labute approximate surface area is 611 Å². The number of nitrogens with zero attached hydrogens (tertiary/aromatic N) is 4. The molecule has 8 rings (SSSR count). The second-order valence-corrected chi connectivity index (χ2v) is 25.8. The van der Waals surface area contributed by atoms with Crippen LogP contribution >= 0.6 is 0 Å². The minimum absolute atomic E-state index is 0.103. The monoisotopic (exact) mass is 1450 g/mol. The van der Waals surface area contributed by atoms with Gasteiger partial charge in [-0.1, -0.05) is 121 Å². The van der Waals surface area contributed by atoms with Gasteiger partial charge in [0.1, 0.15) is 96.8 Å². The zero-order chi connectivity index (χ0) is 75.9. The van der Waals surface area contributed by atoms with Crippen molar-refractivity contribution >= 4 is 0 Å². The van der Waals surface area contributed by atoms with E-state index in [-0.39, 0.29) is 26.3 Å². The third-order valence-corrected chi connectivity index (χ3v) is 15.8. The number of aliphatic hydroxyl groups excluding tert-OH is 2. The molecule has 8 aromatic carbocycles. The summed E-state index contributed by atoms with van der Waals surface area (Å²) in [4.78, 5) is 7.16. The van der Waals surface area contributed by atoms with E-state index in [1.165, 1.54) is 11.1 Å². The van der Waals surface area contributed by atoms with E-state index in [9.17, 15) is 36.6 Å². The fraction of sp³-hybridized carbons (Fsp3) is 0.415. The van der Waals surface area contributed by atoms with Crippen molar-refractivity contribution in [1.29, 1.82) is 0 Å². The summed E-state index contributed by atoms with van der Waals surface area (Å²) in [6.07, 6.45) is -6.10. The molecule has 0 aliphatic carbocycles. The molecule has 0 saturated carbocycles. The summed E-state index contributed by atoms with van der Waals surface area (Å²) in [5, 5.41) is 19.9. The lowest BCUT2D eigenvalue weighted by Gasteiger charge is -2.23. The zero-order valence-electron chi connectivity index (χ0n) is 62.1. The number of rotatable bonds is 38. The average Bonchev–Trinajstić information content (AvgIpc) is 0.892. The molecule has 8 aromatic rings. The lowest BCUT2D eigenvalue weighted by atomic mass is 10.0. The molecule has 0 aliphatic heterocycles. The van der Waals surface area contributed by atoms with Crippen LogP contribution in [0.25, 0.3) is 0 Å². The number of hydrogen-bond acceptors (Lipinski definition) is 16. The van der Waals surface area contributed by atoms with E-state index < -0.39 is 37.1 Å². The summed E-state index contributed by atoms with van der Waals surface area (Å²) < 4.78 is 128. The molecule has 0 bridgehead atoms. The maximum Gasteiger partial charge on any atom is 0.522 e. The molecule has 568 valence electrons. The van der Waals surface area contributed by atoms with E-state index in [1.807, 2.05) is 171 Å². The van der Waals surface area contributed by atoms with Gasteiger partial charge in [0.25, 0.3) is 0 Å². The van der Waals surface area contributed by atoms with Crippen LogP contribution in [-0.2, 0) is 60.8 Å². The first-order valence-electron chi connectivity index (χ1n) is 34.5. The smallest absolute Gasteiger partial charge is 0.497 e. The van der Waals surface area contributed by atoms with E-state index in [0.717, 1.165) is 106 Å². The predicted molar refractivity (Wildman–Crippen MR) is 397 cm³/mol. The van der Waals surface area contributed by atoms with Crippen molar-refractivity contribution in [2.75, 3.05) is 137 Å². The molecule has 2 N–H and O–H groups in total. The molecule has 0 amide bonds. The minimum Gasteiger partial charge on any atom is -0.497 e. The second kappa shape index (κ2) is 46.3. The average molecular weight is 1450 g/mol. The number of likely N-dealkylation sites (N-methyl/N-ethyl adjacent to an activating group) is 4. The van der Waals surface area contributed by atoms with E-state index in [4.69, 9.17) is 37.9 Å². The van der Waals surface area contributed by atoms with E-state index >= 15 is 0 Å². The van der Waals surface area contributed by atoms with Gasteiger partial charge in [0.2, 0.25) is 0 Å². The maximum absolute atomic E-state index is 12.6. The highest BCUT2D eigenvalue weighted by Gasteiger charge is 2.35. The number of hydrogen-bond donors (Lipinski definition) is 2. The molecule has 104 heavy (non-hydrogen) atoms. The van der Waals surface area contributed by atoms with Crippen molar-refractivity contribution < 1.29 is 83.9 Å². The Morgan fingerprint density at radius 3 is 0.750 bits per heavy atom. The van der Waals surface area contributed by atoms with Crippen LogP contribution in [0.3, 0.4) is 0 Å². The second-order valence-electron chi connectivity index (χ2n) is 25.8. The molecule has 0 heterocycles. The van der Waals surface area contributed by atoms with Crippen LogP contribution in [0.1, 0.15) is 44.5 Å². The van der Waals surface area contributed by atoms with Crippen molar-refractivity contribution in [3.63, 3.8) is 0 Å². The quantitative estimate of drug-likeness (QED) is 0.0354. The Hall–Kier alpha value is -8.58. The SMILES string of the molecule is COc1cccc(CCc2ccccc2OC[C@@H](O)CN(C)C)c1.COc1cccc(CCc2ccccc2OC[C@@H](O)CN(C)C)c1.COc1cccc(CCc2ccccc2OC[C@H](CN(C)C)OC(F)(F)F)c1.COc1cccc(CCc2ccccc2OC[C@H](CN(C)C)OC(F)(F)F)c1. The highest BCUT2D eigenvalue weighted by Crippen LogP contribution is 2.29. The summed E-state index contributed by atoms with van der Waals surface area (Å²) in [6, 6.07) is 62.6. The van der Waals surface area contributed by atoms with Gasteiger partial charge >= 0.3 is 12.7 Å². The van der Waals surface area contributed by atoms with Gasteiger partial charge in [-0.15, -0.1) is 26.3 Å². The molecule has 16 nitrogen and oxygen atoms in total. The molecule has 0 spiro atoms. The summed E-state index contributed by atoms with van der Waals surface area (Å²) >= 11 is 0. The van der Waals surface area contributed by atoms with Gasteiger partial charge in [-0.25, -0.2) is 0 Å². The highest BCUT2D eigenvalue weighted by molar-refractivity contribution is 5.39. The molecule has 0 aliphatic rings. The fourth-order valence-corrected chi connectivity index (χ4v) is 11.0. The predicted octanol–water partition coefficient (Wildman–Crippen LogP) is 14.2. The molecule has 0 saturated heterocycles. The molecule has 4 atom stereocenters. The highest BCUT2D eigenvalue weighted by atomic mass is 19.4. The van der Waals surface area contributed by atoms with Crippen molar-refractivity contribution in [2.45, 2.75) is 88.5 Å².